The summed E-state index contributed by atoms with van der Waals surface area (Å²) in [6.45, 7) is 0. The summed E-state index contributed by atoms with van der Waals surface area (Å²) < 4.78 is 2.41. The van der Waals surface area contributed by atoms with Crippen LogP contribution in [0.5, 0.6) is 0 Å². The molecule has 1 heterocycles. The Morgan fingerprint density at radius 3 is 1.79 bits per heavy atom. The van der Waals surface area contributed by atoms with Crippen molar-refractivity contribution in [3.63, 3.8) is 0 Å². The summed E-state index contributed by atoms with van der Waals surface area (Å²) in [6.07, 6.45) is 6.27. The molecule has 1 fully saturated rings. The van der Waals surface area contributed by atoms with Crippen molar-refractivity contribution in [1.82, 2.24) is 4.57 Å². The van der Waals surface area contributed by atoms with Gasteiger partial charge in [0.05, 0.1) is 11.0 Å². The second kappa shape index (κ2) is 11.9. The minimum absolute atomic E-state index is 0.0708. The van der Waals surface area contributed by atoms with Gasteiger partial charge >= 0.3 is 0 Å². The van der Waals surface area contributed by atoms with Gasteiger partial charge in [0.1, 0.15) is 0 Å². The van der Waals surface area contributed by atoms with Crippen LogP contribution in [0.4, 0.5) is 17.1 Å². The molecule has 7 aromatic carbocycles. The summed E-state index contributed by atoms with van der Waals surface area (Å²) in [4.78, 5) is 2.43. The number of benzene rings is 7. The number of nitrogens with zero attached hydrogens (tertiary/aromatic N) is 2. The van der Waals surface area contributed by atoms with Crippen molar-refractivity contribution in [2.45, 2.75) is 37.5 Å². The Morgan fingerprint density at radius 1 is 0.417 bits per heavy atom. The molecule has 2 heteroatoms. The third-order valence-electron chi connectivity index (χ3n) is 10.6. The van der Waals surface area contributed by atoms with Crippen molar-refractivity contribution in [3.05, 3.63) is 181 Å². The van der Waals surface area contributed by atoms with Crippen LogP contribution in [0, 0.1) is 0 Å². The molecular weight excluding hydrogens is 581 g/mol. The fourth-order valence-corrected chi connectivity index (χ4v) is 8.30. The number of aromatic nitrogens is 1. The molecule has 48 heavy (non-hydrogen) atoms. The number of hydrogen-bond donors (Lipinski definition) is 0. The Bertz CT molecular complexity index is 2360. The van der Waals surface area contributed by atoms with Gasteiger partial charge in [0, 0.05) is 38.9 Å². The van der Waals surface area contributed by atoms with Gasteiger partial charge in [-0.05, 0) is 89.3 Å². The van der Waals surface area contributed by atoms with Gasteiger partial charge in [-0.2, -0.15) is 0 Å². The number of rotatable bonds is 6. The first-order valence-electron chi connectivity index (χ1n) is 17.3. The molecule has 0 amide bonds. The van der Waals surface area contributed by atoms with Crippen LogP contribution in [-0.2, 0) is 5.41 Å². The van der Waals surface area contributed by atoms with Crippen molar-refractivity contribution < 1.29 is 0 Å². The highest BCUT2D eigenvalue weighted by Crippen LogP contribution is 2.46. The molecule has 232 valence electrons. The molecule has 0 saturated heterocycles. The molecule has 0 N–H and O–H groups in total. The van der Waals surface area contributed by atoms with Crippen LogP contribution < -0.4 is 4.90 Å². The molecule has 2 nitrogen and oxygen atoms in total. The summed E-state index contributed by atoms with van der Waals surface area (Å²) >= 11 is 0. The number of fused-ring (bicyclic) bond motifs is 4. The van der Waals surface area contributed by atoms with E-state index in [9.17, 15) is 0 Å². The molecule has 0 radical (unpaired) electrons. The molecule has 1 saturated carbocycles. The highest BCUT2D eigenvalue weighted by atomic mass is 15.1. The summed E-state index contributed by atoms with van der Waals surface area (Å²) in [7, 11) is 0. The van der Waals surface area contributed by atoms with Gasteiger partial charge in [-0.15, -0.1) is 0 Å². The van der Waals surface area contributed by atoms with Gasteiger partial charge < -0.3 is 9.47 Å². The third-order valence-corrected chi connectivity index (χ3v) is 10.6. The molecule has 0 spiro atoms. The third kappa shape index (κ3) is 4.79. The minimum atomic E-state index is 0.0708. The van der Waals surface area contributed by atoms with E-state index >= 15 is 0 Å². The lowest BCUT2D eigenvalue weighted by molar-refractivity contribution is 0.346. The van der Waals surface area contributed by atoms with E-state index in [1.807, 2.05) is 0 Å². The standard InChI is InChI=1S/C46H38N2/c1-4-16-36(17-5-1)46(30-12-3-13-31-46)37-23-26-39(27-24-37)47(40-25-22-34-14-8-9-15-35(34)32-40)41-28-29-43-42-20-10-11-21-44(42)48(45(43)33-41)38-18-6-2-7-19-38/h1-2,4-11,14-29,32-33H,3,12-13,30-31H2. The normalized spacial score (nSPS) is 14.4. The Morgan fingerprint density at radius 2 is 1.00 bits per heavy atom. The van der Waals surface area contributed by atoms with Crippen LogP contribution in [0.2, 0.25) is 0 Å². The maximum absolute atomic E-state index is 2.43. The van der Waals surface area contributed by atoms with Crippen LogP contribution in [-0.4, -0.2) is 4.57 Å². The molecule has 0 aliphatic heterocycles. The van der Waals surface area contributed by atoms with Gasteiger partial charge in [0.15, 0.2) is 0 Å². The van der Waals surface area contributed by atoms with Crippen LogP contribution in [0.1, 0.15) is 43.2 Å². The lowest BCUT2D eigenvalue weighted by atomic mass is 9.65. The number of hydrogen-bond acceptors (Lipinski definition) is 1. The molecule has 1 aromatic heterocycles. The number of para-hydroxylation sites is 2. The van der Waals surface area contributed by atoms with Crippen molar-refractivity contribution in [1.29, 1.82) is 0 Å². The molecule has 0 unspecified atom stereocenters. The maximum Gasteiger partial charge on any atom is 0.0561 e. The predicted octanol–water partition coefficient (Wildman–Crippen LogP) is 12.7. The average molecular weight is 619 g/mol. The predicted molar refractivity (Wildman–Crippen MR) is 203 cm³/mol. The monoisotopic (exact) mass is 618 g/mol. The fraction of sp³-hybridized carbons (Fsp3) is 0.130. The molecule has 9 rings (SSSR count). The van der Waals surface area contributed by atoms with E-state index in [4.69, 9.17) is 0 Å². The van der Waals surface area contributed by atoms with E-state index in [2.05, 4.69) is 179 Å². The molecule has 0 bridgehead atoms. The maximum atomic E-state index is 2.43. The van der Waals surface area contributed by atoms with E-state index in [1.165, 1.54) is 81.5 Å². The minimum Gasteiger partial charge on any atom is -0.310 e. The topological polar surface area (TPSA) is 8.17 Å². The first-order valence-corrected chi connectivity index (χ1v) is 17.3. The summed E-state index contributed by atoms with van der Waals surface area (Å²) in [5.74, 6) is 0. The first-order chi connectivity index (χ1) is 23.8. The second-order valence-corrected chi connectivity index (χ2v) is 13.3. The zero-order valence-electron chi connectivity index (χ0n) is 27.1. The van der Waals surface area contributed by atoms with Crippen molar-refractivity contribution in [2.24, 2.45) is 0 Å². The highest BCUT2D eigenvalue weighted by Gasteiger charge is 2.35. The quantitative estimate of drug-likeness (QED) is 0.180. The van der Waals surface area contributed by atoms with E-state index in [0.29, 0.717) is 0 Å². The molecule has 8 aromatic rings. The van der Waals surface area contributed by atoms with Gasteiger partial charge in [-0.3, -0.25) is 0 Å². The van der Waals surface area contributed by atoms with E-state index < -0.39 is 0 Å². The van der Waals surface area contributed by atoms with E-state index in [0.717, 1.165) is 17.1 Å². The molecular formula is C46H38N2. The smallest absolute Gasteiger partial charge is 0.0561 e. The Balaban J connectivity index is 1.23. The van der Waals surface area contributed by atoms with Gasteiger partial charge in [0.2, 0.25) is 0 Å². The van der Waals surface area contributed by atoms with Gasteiger partial charge in [0.25, 0.3) is 0 Å². The Hall–Kier alpha value is -5.60. The average Bonchev–Trinajstić information content (AvgIpc) is 3.50. The lowest BCUT2D eigenvalue weighted by Gasteiger charge is -2.39. The van der Waals surface area contributed by atoms with Crippen molar-refractivity contribution >= 4 is 49.6 Å². The fourth-order valence-electron chi connectivity index (χ4n) is 8.30. The van der Waals surface area contributed by atoms with Crippen molar-refractivity contribution in [3.8, 4) is 5.69 Å². The van der Waals surface area contributed by atoms with Gasteiger partial charge in [-0.1, -0.05) is 135 Å². The summed E-state index contributed by atoms with van der Waals surface area (Å²) in [5, 5.41) is 5.01. The van der Waals surface area contributed by atoms with E-state index in [1.54, 1.807) is 0 Å². The largest absolute Gasteiger partial charge is 0.310 e. The zero-order chi connectivity index (χ0) is 31.9. The van der Waals surface area contributed by atoms with Crippen molar-refractivity contribution in [2.75, 3.05) is 4.90 Å². The molecule has 1 aliphatic rings. The lowest BCUT2D eigenvalue weighted by Crippen LogP contribution is -2.30. The second-order valence-electron chi connectivity index (χ2n) is 13.3. The SMILES string of the molecule is c1ccc(-n2c3ccccc3c3ccc(N(c4ccc(C5(c6ccccc6)CCCCC5)cc4)c4ccc5ccccc5c4)cc32)cc1. The van der Waals surface area contributed by atoms with Crippen LogP contribution >= 0.6 is 0 Å². The van der Waals surface area contributed by atoms with E-state index in [-0.39, 0.29) is 5.41 Å². The van der Waals surface area contributed by atoms with Crippen LogP contribution in [0.3, 0.4) is 0 Å². The first kappa shape index (κ1) is 28.6. The van der Waals surface area contributed by atoms with Crippen LogP contribution in [0.25, 0.3) is 38.3 Å². The van der Waals surface area contributed by atoms with Gasteiger partial charge in [-0.25, -0.2) is 0 Å². The summed E-state index contributed by atoms with van der Waals surface area (Å²) in [6, 6.07) is 62.6. The number of anilines is 3. The highest BCUT2D eigenvalue weighted by molar-refractivity contribution is 6.10. The summed E-state index contributed by atoms with van der Waals surface area (Å²) in [5.41, 5.74) is 9.99. The van der Waals surface area contributed by atoms with Crippen LogP contribution in [0.15, 0.2) is 170 Å². The Labute approximate surface area is 282 Å². The molecule has 1 aliphatic carbocycles. The zero-order valence-corrected chi connectivity index (χ0v) is 27.1. The Kier molecular flexibility index (Phi) is 7.08. The molecule has 0 atom stereocenters.